The summed E-state index contributed by atoms with van der Waals surface area (Å²) in [6, 6.07) is 0. The Morgan fingerprint density at radius 2 is 1.92 bits per heavy atom. The third kappa shape index (κ3) is 5.36. The predicted molar refractivity (Wildman–Crippen MR) is 36.1 cm³/mol. The van der Waals surface area contributed by atoms with E-state index in [-0.39, 0.29) is 6.29 Å². The lowest BCUT2D eigenvalue weighted by Crippen LogP contribution is -2.31. The summed E-state index contributed by atoms with van der Waals surface area (Å²) in [4.78, 5) is 26.1. The van der Waals surface area contributed by atoms with Gasteiger partial charge in [-0.15, -0.1) is 0 Å². The second-order valence-corrected chi connectivity index (χ2v) is 3.22. The topological polar surface area (TPSA) is 124 Å². The highest BCUT2D eigenvalue weighted by Gasteiger charge is 2.21. The maximum atomic E-state index is 10.0. The van der Waals surface area contributed by atoms with Crippen molar-refractivity contribution in [2.45, 2.75) is 12.2 Å². The van der Waals surface area contributed by atoms with E-state index in [1.54, 1.807) is 0 Å². The van der Waals surface area contributed by atoms with E-state index in [4.69, 9.17) is 20.0 Å². The molecule has 0 aromatic carbocycles. The van der Waals surface area contributed by atoms with Gasteiger partial charge in [-0.25, -0.2) is 4.57 Å². The van der Waals surface area contributed by atoms with Crippen LogP contribution in [0.2, 0.25) is 0 Å². The minimum atomic E-state index is -4.66. The van der Waals surface area contributed by atoms with E-state index in [0.29, 0.717) is 0 Å². The molecule has 72 valence electrons. The fourth-order valence-corrected chi connectivity index (χ4v) is 0.710. The van der Waals surface area contributed by atoms with Crippen LogP contribution in [0.25, 0.3) is 0 Å². The summed E-state index contributed by atoms with van der Waals surface area (Å²) in [6.07, 6.45) is -3.29. The van der Waals surface area contributed by atoms with Crippen LogP contribution in [0, 0.1) is 0 Å². The van der Waals surface area contributed by atoms with Crippen LogP contribution in [0.3, 0.4) is 0 Å². The Morgan fingerprint density at radius 3 is 2.25 bits per heavy atom. The van der Waals surface area contributed by atoms with E-state index in [0.717, 1.165) is 0 Å². The number of aliphatic hydroxyl groups is 2. The number of aldehydes is 1. The van der Waals surface area contributed by atoms with Crippen LogP contribution in [0.5, 0.6) is 0 Å². The zero-order chi connectivity index (χ0) is 9.78. The van der Waals surface area contributed by atoms with Crippen LogP contribution in [0.1, 0.15) is 0 Å². The molecule has 0 amide bonds. The van der Waals surface area contributed by atoms with Gasteiger partial charge in [-0.05, 0) is 0 Å². The molecule has 0 unspecified atom stereocenters. The van der Waals surface area contributed by atoms with Gasteiger partial charge in [0.1, 0.15) is 12.2 Å². The summed E-state index contributed by atoms with van der Waals surface area (Å²) in [5.74, 6) is 0. The average molecular weight is 200 g/mol. The van der Waals surface area contributed by atoms with Gasteiger partial charge in [0.2, 0.25) is 0 Å². The number of rotatable bonds is 5. The van der Waals surface area contributed by atoms with Crippen molar-refractivity contribution in [3.05, 3.63) is 0 Å². The highest BCUT2D eigenvalue weighted by Crippen LogP contribution is 2.35. The normalized spacial score (nSPS) is 17.0. The second kappa shape index (κ2) is 4.66. The monoisotopic (exact) mass is 200 g/mol. The first kappa shape index (κ1) is 11.7. The fraction of sp³-hybridized carbons (Fsp3) is 0.750. The number of aliphatic hydroxyl groups excluding tert-OH is 2. The number of carbonyl (C=O) groups is 1. The van der Waals surface area contributed by atoms with Gasteiger partial charge in [0.25, 0.3) is 0 Å². The third-order valence-electron chi connectivity index (χ3n) is 0.947. The maximum Gasteiger partial charge on any atom is 0.469 e. The van der Waals surface area contributed by atoms with E-state index >= 15 is 0 Å². The third-order valence-corrected chi connectivity index (χ3v) is 1.43. The smallest absolute Gasteiger partial charge is 0.388 e. The van der Waals surface area contributed by atoms with Gasteiger partial charge >= 0.3 is 7.82 Å². The maximum absolute atomic E-state index is 10.0. The van der Waals surface area contributed by atoms with E-state index in [9.17, 15) is 9.36 Å². The minimum absolute atomic E-state index is 0.0354. The molecule has 0 fully saturated rings. The molecule has 0 aliphatic heterocycles. The largest absolute Gasteiger partial charge is 0.469 e. The molecule has 8 heteroatoms. The Bertz CT molecular complexity index is 186. The van der Waals surface area contributed by atoms with Crippen molar-refractivity contribution in [2.75, 3.05) is 6.61 Å². The molecule has 0 saturated carbocycles. The van der Waals surface area contributed by atoms with Crippen molar-refractivity contribution >= 4 is 14.1 Å². The van der Waals surface area contributed by atoms with E-state index in [1.807, 2.05) is 0 Å². The predicted octanol–water partition coefficient (Wildman–Crippen LogP) is -1.98. The zero-order valence-electron chi connectivity index (χ0n) is 5.90. The van der Waals surface area contributed by atoms with Crippen LogP contribution in [0.4, 0.5) is 0 Å². The van der Waals surface area contributed by atoms with Gasteiger partial charge in [-0.2, -0.15) is 0 Å². The lowest BCUT2D eigenvalue weighted by Gasteiger charge is -2.12. The second-order valence-electron chi connectivity index (χ2n) is 1.98. The van der Waals surface area contributed by atoms with Gasteiger partial charge in [-0.1, -0.05) is 0 Å². The summed E-state index contributed by atoms with van der Waals surface area (Å²) < 4.78 is 13.8. The number of carbonyl (C=O) groups excluding carboxylic acids is 1. The van der Waals surface area contributed by atoms with Crippen LogP contribution in [0.15, 0.2) is 0 Å². The Hall–Kier alpha value is -0.300. The molecule has 0 spiro atoms. The number of hydrogen-bond donors (Lipinski definition) is 4. The quantitative estimate of drug-likeness (QED) is 0.299. The molecular weight excluding hydrogens is 191 g/mol. The van der Waals surface area contributed by atoms with E-state index in [2.05, 4.69) is 4.52 Å². The molecule has 0 aromatic rings. The number of phosphoric acid groups is 1. The first-order valence-corrected chi connectivity index (χ1v) is 4.41. The van der Waals surface area contributed by atoms with Crippen LogP contribution in [-0.4, -0.2) is 45.1 Å². The molecule has 0 aliphatic carbocycles. The summed E-state index contributed by atoms with van der Waals surface area (Å²) in [7, 11) is -4.66. The standard InChI is InChI=1S/C4H9O7P/c5-1-3(6)4(7)2-11-12(8,9)10/h1,3-4,6-7H,2H2,(H2,8,9,10)/t3-,4-/m0/s1. The lowest BCUT2D eigenvalue weighted by molar-refractivity contribution is -0.121. The van der Waals surface area contributed by atoms with Crippen LogP contribution < -0.4 is 0 Å². The molecule has 0 bridgehead atoms. The van der Waals surface area contributed by atoms with Crippen molar-refractivity contribution in [2.24, 2.45) is 0 Å². The molecule has 2 atom stereocenters. The molecule has 0 heterocycles. The van der Waals surface area contributed by atoms with E-state index < -0.39 is 26.6 Å². The van der Waals surface area contributed by atoms with Gasteiger partial charge in [-0.3, -0.25) is 4.52 Å². The molecule has 7 nitrogen and oxygen atoms in total. The molecule has 4 N–H and O–H groups in total. The summed E-state index contributed by atoms with van der Waals surface area (Å²) in [6.45, 7) is -0.801. The van der Waals surface area contributed by atoms with Gasteiger partial charge < -0.3 is 24.8 Å². The summed E-state index contributed by atoms with van der Waals surface area (Å²) in [5, 5.41) is 17.3. The van der Waals surface area contributed by atoms with Crippen molar-refractivity contribution in [3.63, 3.8) is 0 Å². The molecule has 0 radical (unpaired) electrons. The average Bonchev–Trinajstić information content (AvgIpc) is 1.97. The highest BCUT2D eigenvalue weighted by molar-refractivity contribution is 7.46. The first-order valence-electron chi connectivity index (χ1n) is 2.88. The Kier molecular flexibility index (Phi) is 4.54. The fourth-order valence-electron chi connectivity index (χ4n) is 0.363. The van der Waals surface area contributed by atoms with Crippen LogP contribution in [-0.2, 0) is 13.9 Å². The van der Waals surface area contributed by atoms with Gasteiger partial charge in [0.05, 0.1) is 6.61 Å². The van der Waals surface area contributed by atoms with Gasteiger partial charge in [0, 0.05) is 0 Å². The van der Waals surface area contributed by atoms with Crippen molar-refractivity contribution in [1.82, 2.24) is 0 Å². The summed E-state index contributed by atoms with van der Waals surface area (Å²) >= 11 is 0. The van der Waals surface area contributed by atoms with E-state index in [1.165, 1.54) is 0 Å². The highest BCUT2D eigenvalue weighted by atomic mass is 31.2. The number of hydrogen-bond acceptors (Lipinski definition) is 5. The molecule has 0 aromatic heterocycles. The molecule has 12 heavy (non-hydrogen) atoms. The molecule has 0 aliphatic rings. The summed E-state index contributed by atoms with van der Waals surface area (Å²) in [5.41, 5.74) is 0. The molecule has 0 saturated heterocycles. The number of phosphoric ester groups is 1. The van der Waals surface area contributed by atoms with Crippen molar-refractivity contribution in [1.29, 1.82) is 0 Å². The Morgan fingerprint density at radius 1 is 1.42 bits per heavy atom. The molecular formula is C4H9O7P. The van der Waals surface area contributed by atoms with Crippen molar-refractivity contribution < 1.29 is 33.9 Å². The SMILES string of the molecule is O=C[C@H](O)[C@@H](O)COP(=O)(O)O. The molecule has 0 rings (SSSR count). The first-order chi connectivity index (χ1) is 5.37. The van der Waals surface area contributed by atoms with Crippen molar-refractivity contribution in [3.8, 4) is 0 Å². The Labute approximate surface area is 67.8 Å². The lowest BCUT2D eigenvalue weighted by atomic mass is 10.2. The van der Waals surface area contributed by atoms with Gasteiger partial charge in [0.15, 0.2) is 6.29 Å². The Balaban J connectivity index is 3.79. The zero-order valence-corrected chi connectivity index (χ0v) is 6.79. The van der Waals surface area contributed by atoms with Crippen LogP contribution >= 0.6 is 7.82 Å². The minimum Gasteiger partial charge on any atom is -0.388 e.